The van der Waals surface area contributed by atoms with Gasteiger partial charge in [-0.3, -0.25) is 9.36 Å². The van der Waals surface area contributed by atoms with Crippen molar-refractivity contribution in [3.63, 3.8) is 0 Å². The van der Waals surface area contributed by atoms with Crippen LogP contribution in [0.15, 0.2) is 29.1 Å². The van der Waals surface area contributed by atoms with E-state index in [9.17, 15) is 4.79 Å². The van der Waals surface area contributed by atoms with Crippen molar-refractivity contribution in [2.24, 2.45) is 11.8 Å². The molecule has 1 atom stereocenters. The molecule has 0 bridgehead atoms. The van der Waals surface area contributed by atoms with Crippen LogP contribution in [-0.2, 0) is 6.54 Å². The lowest BCUT2D eigenvalue weighted by Gasteiger charge is -2.13. The maximum atomic E-state index is 12.4. The van der Waals surface area contributed by atoms with Crippen LogP contribution < -0.4 is 5.56 Å². The van der Waals surface area contributed by atoms with Gasteiger partial charge in [-0.2, -0.15) is 0 Å². The molecule has 0 spiro atoms. The van der Waals surface area contributed by atoms with Gasteiger partial charge >= 0.3 is 0 Å². The monoisotopic (exact) mass is 260 g/mol. The summed E-state index contributed by atoms with van der Waals surface area (Å²) in [4.78, 5) is 15.5. The standard InChI is InChI=1S/C14H16N2OS/c1-9(10-6-7-10)8-16-13(17)11-4-2-3-5-12(11)15-14(16)18/h2-5,9-10H,6-8H2,1H3,(H,15,18). The van der Waals surface area contributed by atoms with Crippen LogP contribution in [-0.4, -0.2) is 9.55 Å². The maximum Gasteiger partial charge on any atom is 0.262 e. The first-order valence-corrected chi connectivity index (χ1v) is 6.79. The Labute approximate surface area is 110 Å². The zero-order valence-electron chi connectivity index (χ0n) is 10.3. The molecule has 1 aliphatic carbocycles. The molecule has 3 nitrogen and oxygen atoms in total. The van der Waals surface area contributed by atoms with Crippen LogP contribution in [0.1, 0.15) is 19.8 Å². The zero-order valence-corrected chi connectivity index (χ0v) is 11.2. The Bertz CT molecular complexity index is 697. The number of nitrogens with one attached hydrogen (secondary N) is 1. The van der Waals surface area contributed by atoms with Gasteiger partial charge in [-0.05, 0) is 49.0 Å². The molecule has 0 aliphatic heterocycles. The van der Waals surface area contributed by atoms with E-state index in [1.807, 2.05) is 24.3 Å². The maximum absolute atomic E-state index is 12.4. The summed E-state index contributed by atoms with van der Waals surface area (Å²) in [6, 6.07) is 7.53. The highest BCUT2D eigenvalue weighted by molar-refractivity contribution is 7.71. The summed E-state index contributed by atoms with van der Waals surface area (Å²) in [6.45, 7) is 2.93. The van der Waals surface area contributed by atoms with Gasteiger partial charge in [0, 0.05) is 6.54 Å². The Morgan fingerprint density at radius 1 is 1.44 bits per heavy atom. The molecule has 1 aromatic carbocycles. The minimum atomic E-state index is 0.0295. The fraction of sp³-hybridized carbons (Fsp3) is 0.429. The number of benzene rings is 1. The fourth-order valence-corrected chi connectivity index (χ4v) is 2.73. The Hall–Kier alpha value is -1.42. The third kappa shape index (κ3) is 2.01. The van der Waals surface area contributed by atoms with E-state index in [4.69, 9.17) is 12.2 Å². The molecule has 2 aromatic rings. The number of rotatable bonds is 3. The number of fused-ring (bicyclic) bond motifs is 1. The van der Waals surface area contributed by atoms with E-state index in [0.717, 1.165) is 18.0 Å². The number of para-hydroxylation sites is 1. The molecule has 3 rings (SSSR count). The van der Waals surface area contributed by atoms with Gasteiger partial charge < -0.3 is 4.98 Å². The minimum absolute atomic E-state index is 0.0295. The molecular weight excluding hydrogens is 244 g/mol. The average Bonchev–Trinajstić information content (AvgIpc) is 3.18. The van der Waals surface area contributed by atoms with Crippen molar-refractivity contribution in [1.82, 2.24) is 9.55 Å². The molecule has 0 saturated heterocycles. The van der Waals surface area contributed by atoms with Crippen molar-refractivity contribution >= 4 is 23.1 Å². The van der Waals surface area contributed by atoms with E-state index in [1.165, 1.54) is 12.8 Å². The lowest BCUT2D eigenvalue weighted by molar-refractivity contribution is 0.419. The van der Waals surface area contributed by atoms with Crippen LogP contribution in [0.2, 0.25) is 0 Å². The van der Waals surface area contributed by atoms with Crippen molar-refractivity contribution in [3.05, 3.63) is 39.4 Å². The molecule has 1 aromatic heterocycles. The molecular formula is C14H16N2OS. The second kappa shape index (κ2) is 4.35. The van der Waals surface area contributed by atoms with Gasteiger partial charge in [0.05, 0.1) is 10.9 Å². The summed E-state index contributed by atoms with van der Waals surface area (Å²) < 4.78 is 2.24. The summed E-state index contributed by atoms with van der Waals surface area (Å²) in [5.74, 6) is 1.30. The molecule has 0 amide bonds. The van der Waals surface area contributed by atoms with Crippen LogP contribution in [0.5, 0.6) is 0 Å². The lowest BCUT2D eigenvalue weighted by atomic mass is 10.1. The normalized spacial score (nSPS) is 16.9. The smallest absolute Gasteiger partial charge is 0.262 e. The Morgan fingerprint density at radius 2 is 2.17 bits per heavy atom. The molecule has 1 fully saturated rings. The van der Waals surface area contributed by atoms with Gasteiger partial charge in [0.2, 0.25) is 0 Å². The Kier molecular flexibility index (Phi) is 2.82. The first-order chi connectivity index (χ1) is 8.66. The predicted molar refractivity (Wildman–Crippen MR) is 75.3 cm³/mol. The van der Waals surface area contributed by atoms with E-state index < -0.39 is 0 Å². The van der Waals surface area contributed by atoms with Crippen LogP contribution in [0.3, 0.4) is 0 Å². The van der Waals surface area contributed by atoms with Crippen molar-refractivity contribution in [2.45, 2.75) is 26.3 Å². The van der Waals surface area contributed by atoms with Gasteiger partial charge in [0.15, 0.2) is 4.77 Å². The Morgan fingerprint density at radius 3 is 2.89 bits per heavy atom. The third-order valence-electron chi connectivity index (χ3n) is 3.79. The summed E-state index contributed by atoms with van der Waals surface area (Å²) in [5.41, 5.74) is 0.852. The quantitative estimate of drug-likeness (QED) is 0.861. The van der Waals surface area contributed by atoms with Crippen molar-refractivity contribution in [1.29, 1.82) is 0 Å². The topological polar surface area (TPSA) is 37.8 Å². The highest BCUT2D eigenvalue weighted by atomic mass is 32.1. The molecule has 1 saturated carbocycles. The lowest BCUT2D eigenvalue weighted by Crippen LogP contribution is -2.25. The average molecular weight is 260 g/mol. The van der Waals surface area contributed by atoms with E-state index in [2.05, 4.69) is 11.9 Å². The van der Waals surface area contributed by atoms with Gasteiger partial charge in [0.1, 0.15) is 0 Å². The SMILES string of the molecule is CC(Cn1c(=S)[nH]c2ccccc2c1=O)C1CC1. The summed E-state index contributed by atoms with van der Waals surface area (Å²) in [5, 5.41) is 0.717. The first-order valence-electron chi connectivity index (χ1n) is 6.38. The van der Waals surface area contributed by atoms with E-state index in [0.29, 0.717) is 16.1 Å². The van der Waals surface area contributed by atoms with Crippen molar-refractivity contribution in [2.75, 3.05) is 0 Å². The predicted octanol–water partition coefficient (Wildman–Crippen LogP) is 3.11. The largest absolute Gasteiger partial charge is 0.332 e. The summed E-state index contributed by atoms with van der Waals surface area (Å²) >= 11 is 5.30. The molecule has 4 heteroatoms. The summed E-state index contributed by atoms with van der Waals surface area (Å²) in [7, 11) is 0. The first kappa shape index (κ1) is 11.7. The van der Waals surface area contributed by atoms with Crippen molar-refractivity contribution in [3.8, 4) is 0 Å². The van der Waals surface area contributed by atoms with E-state index >= 15 is 0 Å². The van der Waals surface area contributed by atoms with Crippen LogP contribution >= 0.6 is 12.2 Å². The molecule has 1 unspecified atom stereocenters. The van der Waals surface area contributed by atoms with Gasteiger partial charge in [-0.25, -0.2) is 0 Å². The second-order valence-corrected chi connectivity index (χ2v) is 5.59. The zero-order chi connectivity index (χ0) is 12.7. The van der Waals surface area contributed by atoms with Gasteiger partial charge in [0.25, 0.3) is 5.56 Å². The van der Waals surface area contributed by atoms with Gasteiger partial charge in [-0.1, -0.05) is 19.1 Å². The van der Waals surface area contributed by atoms with Crippen molar-refractivity contribution < 1.29 is 0 Å². The Balaban J connectivity index is 2.10. The number of aromatic amines is 1. The van der Waals surface area contributed by atoms with Crippen LogP contribution in [0, 0.1) is 16.6 Å². The van der Waals surface area contributed by atoms with E-state index in [-0.39, 0.29) is 5.56 Å². The van der Waals surface area contributed by atoms with Crippen LogP contribution in [0.4, 0.5) is 0 Å². The molecule has 1 aliphatic rings. The molecule has 1 heterocycles. The number of hydrogen-bond donors (Lipinski definition) is 1. The molecule has 94 valence electrons. The highest BCUT2D eigenvalue weighted by Crippen LogP contribution is 2.37. The second-order valence-electron chi connectivity index (χ2n) is 5.21. The highest BCUT2D eigenvalue weighted by Gasteiger charge is 2.28. The number of aromatic nitrogens is 2. The third-order valence-corrected chi connectivity index (χ3v) is 4.11. The van der Waals surface area contributed by atoms with Crippen LogP contribution in [0.25, 0.3) is 10.9 Å². The number of H-pyrrole nitrogens is 1. The fourth-order valence-electron chi connectivity index (χ4n) is 2.47. The van der Waals surface area contributed by atoms with E-state index in [1.54, 1.807) is 4.57 Å². The van der Waals surface area contributed by atoms with Gasteiger partial charge in [-0.15, -0.1) is 0 Å². The summed E-state index contributed by atoms with van der Waals surface area (Å²) in [6.07, 6.45) is 2.58. The number of nitrogens with zero attached hydrogens (tertiary/aromatic N) is 1. The number of hydrogen-bond acceptors (Lipinski definition) is 2. The molecule has 1 N–H and O–H groups in total. The molecule has 0 radical (unpaired) electrons. The molecule has 18 heavy (non-hydrogen) atoms. The minimum Gasteiger partial charge on any atom is -0.332 e.